The van der Waals surface area contributed by atoms with Gasteiger partial charge in [0.1, 0.15) is 22.7 Å². The quantitative estimate of drug-likeness (QED) is 0.211. The molecule has 1 aliphatic heterocycles. The second-order valence-electron chi connectivity index (χ2n) is 9.74. The molecule has 200 valence electrons. The van der Waals surface area contributed by atoms with Crippen molar-refractivity contribution in [1.29, 1.82) is 0 Å². The van der Waals surface area contributed by atoms with E-state index in [1.165, 1.54) is 7.11 Å². The molecule has 1 fully saturated rings. The van der Waals surface area contributed by atoms with Crippen molar-refractivity contribution in [1.82, 2.24) is 15.0 Å². The highest BCUT2D eigenvalue weighted by Crippen LogP contribution is 2.41. The Balaban J connectivity index is 1.36. The lowest BCUT2D eigenvalue weighted by molar-refractivity contribution is 0.0600. The van der Waals surface area contributed by atoms with Crippen LogP contribution in [0, 0.1) is 0 Å². The molecule has 0 aliphatic carbocycles. The van der Waals surface area contributed by atoms with Crippen molar-refractivity contribution in [3.63, 3.8) is 0 Å². The molecule has 2 aromatic heterocycles. The van der Waals surface area contributed by atoms with E-state index in [1.54, 1.807) is 24.5 Å². The fraction of sp³-hybridized carbons (Fsp3) is 0.393. The molecule has 2 aromatic carbocycles. The fourth-order valence-electron chi connectivity index (χ4n) is 4.99. The SMILES string of the molecule is COC(=O)c1cc(OC)c2nc(C3CCN(Cc4c(-c5c(Cl)cccc5Cl)noc4C(C)C)CC3)sc2c1. The maximum Gasteiger partial charge on any atom is 0.338 e. The minimum absolute atomic E-state index is 0.178. The molecule has 3 heterocycles. The summed E-state index contributed by atoms with van der Waals surface area (Å²) < 4.78 is 17.1. The zero-order valence-corrected chi connectivity index (χ0v) is 24.0. The van der Waals surface area contributed by atoms with Crippen LogP contribution in [0.3, 0.4) is 0 Å². The predicted octanol–water partition coefficient (Wildman–Crippen LogP) is 7.56. The van der Waals surface area contributed by atoms with Gasteiger partial charge in [-0.1, -0.05) is 48.3 Å². The standard InChI is InChI=1S/C28H29Cl2N3O4S/c1-15(2)26-18(24(32-37-26)23-19(29)6-5-7-20(23)30)14-33-10-8-16(9-11-33)27-31-25-21(35-3)12-17(28(34)36-4)13-22(25)38-27/h5-7,12-13,15-16H,8-11,14H2,1-4H3. The van der Waals surface area contributed by atoms with Crippen LogP contribution in [-0.2, 0) is 11.3 Å². The number of methoxy groups -OCH3 is 2. The molecule has 10 heteroatoms. The monoisotopic (exact) mass is 573 g/mol. The lowest BCUT2D eigenvalue weighted by atomic mass is 9.95. The van der Waals surface area contributed by atoms with Crippen LogP contribution < -0.4 is 4.74 Å². The summed E-state index contributed by atoms with van der Waals surface area (Å²) in [6, 6.07) is 9.00. The van der Waals surface area contributed by atoms with Gasteiger partial charge in [0.2, 0.25) is 0 Å². The Kier molecular flexibility index (Phi) is 7.95. The number of halogens is 2. The van der Waals surface area contributed by atoms with E-state index < -0.39 is 0 Å². The highest BCUT2D eigenvalue weighted by molar-refractivity contribution is 7.18. The number of esters is 1. The zero-order chi connectivity index (χ0) is 27.0. The molecule has 1 aliphatic rings. The summed E-state index contributed by atoms with van der Waals surface area (Å²) in [5.41, 5.74) is 3.71. The third-order valence-electron chi connectivity index (χ3n) is 6.98. The van der Waals surface area contributed by atoms with E-state index in [9.17, 15) is 4.79 Å². The largest absolute Gasteiger partial charge is 0.494 e. The molecular formula is C28H29Cl2N3O4S. The number of rotatable bonds is 7. The highest BCUT2D eigenvalue weighted by atomic mass is 35.5. The Labute approximate surface area is 235 Å². The van der Waals surface area contributed by atoms with E-state index in [1.807, 2.05) is 24.3 Å². The number of hydrogen-bond acceptors (Lipinski definition) is 8. The summed E-state index contributed by atoms with van der Waals surface area (Å²) >= 11 is 14.7. The average Bonchev–Trinajstić information content (AvgIpc) is 3.52. The number of hydrogen-bond donors (Lipinski definition) is 0. The molecule has 0 unspecified atom stereocenters. The third kappa shape index (κ3) is 5.15. The number of ether oxygens (including phenoxy) is 2. The van der Waals surface area contributed by atoms with E-state index in [0.29, 0.717) is 45.1 Å². The Bertz CT molecular complexity index is 1450. The van der Waals surface area contributed by atoms with E-state index in [0.717, 1.165) is 52.5 Å². The number of thiazole rings is 1. The van der Waals surface area contributed by atoms with Gasteiger partial charge in [-0.05, 0) is 50.2 Å². The van der Waals surface area contributed by atoms with Crippen molar-refractivity contribution in [3.8, 4) is 17.0 Å². The molecule has 0 amide bonds. The van der Waals surface area contributed by atoms with Crippen LogP contribution in [0.2, 0.25) is 10.0 Å². The number of aromatic nitrogens is 2. The summed E-state index contributed by atoms with van der Waals surface area (Å²) in [6.45, 7) is 6.71. The molecule has 0 N–H and O–H groups in total. The number of nitrogens with zero attached hydrogens (tertiary/aromatic N) is 3. The molecule has 0 spiro atoms. The number of likely N-dealkylation sites (tertiary alicyclic amines) is 1. The minimum atomic E-state index is -0.389. The first-order chi connectivity index (χ1) is 18.3. The number of benzene rings is 2. The van der Waals surface area contributed by atoms with Gasteiger partial charge in [-0.15, -0.1) is 11.3 Å². The molecule has 0 saturated carbocycles. The molecule has 5 rings (SSSR count). The Hall–Kier alpha value is -2.65. The van der Waals surface area contributed by atoms with Gasteiger partial charge < -0.3 is 14.0 Å². The first-order valence-electron chi connectivity index (χ1n) is 12.5. The molecule has 0 radical (unpaired) electrons. The van der Waals surface area contributed by atoms with Gasteiger partial charge in [0.05, 0.1) is 39.5 Å². The van der Waals surface area contributed by atoms with Crippen molar-refractivity contribution < 1.29 is 18.8 Å². The van der Waals surface area contributed by atoms with Crippen LogP contribution in [0.1, 0.15) is 65.2 Å². The predicted molar refractivity (Wildman–Crippen MR) is 151 cm³/mol. The first-order valence-corrected chi connectivity index (χ1v) is 14.1. The Morgan fingerprint density at radius 2 is 1.89 bits per heavy atom. The van der Waals surface area contributed by atoms with Gasteiger partial charge in [-0.2, -0.15) is 0 Å². The van der Waals surface area contributed by atoms with E-state index in [2.05, 4.69) is 23.9 Å². The average molecular weight is 575 g/mol. The van der Waals surface area contributed by atoms with Crippen LogP contribution in [0.4, 0.5) is 0 Å². The van der Waals surface area contributed by atoms with Gasteiger partial charge in [-0.3, -0.25) is 4.90 Å². The summed E-state index contributed by atoms with van der Waals surface area (Å²) in [4.78, 5) is 19.4. The van der Waals surface area contributed by atoms with Crippen LogP contribution >= 0.6 is 34.5 Å². The molecule has 1 saturated heterocycles. The first kappa shape index (κ1) is 26.9. The summed E-state index contributed by atoms with van der Waals surface area (Å²) in [6.07, 6.45) is 1.94. The molecule has 7 nitrogen and oxygen atoms in total. The summed E-state index contributed by atoms with van der Waals surface area (Å²) in [5, 5.41) is 6.58. The lowest BCUT2D eigenvalue weighted by Crippen LogP contribution is -2.32. The van der Waals surface area contributed by atoms with Crippen LogP contribution in [0.25, 0.3) is 21.5 Å². The topological polar surface area (TPSA) is 77.7 Å². The molecular weight excluding hydrogens is 545 g/mol. The zero-order valence-electron chi connectivity index (χ0n) is 21.7. The second-order valence-corrected chi connectivity index (χ2v) is 11.6. The molecule has 0 atom stereocenters. The van der Waals surface area contributed by atoms with Crippen molar-refractivity contribution in [2.45, 2.75) is 45.1 Å². The smallest absolute Gasteiger partial charge is 0.338 e. The van der Waals surface area contributed by atoms with E-state index in [-0.39, 0.29) is 11.9 Å². The molecule has 0 bridgehead atoms. The number of carbonyl (C=O) groups is 1. The van der Waals surface area contributed by atoms with E-state index >= 15 is 0 Å². The number of carbonyl (C=O) groups excluding carboxylic acids is 1. The van der Waals surface area contributed by atoms with Gasteiger partial charge in [0.25, 0.3) is 0 Å². The second kappa shape index (κ2) is 11.2. The van der Waals surface area contributed by atoms with Gasteiger partial charge in [0, 0.05) is 29.5 Å². The maximum atomic E-state index is 12.1. The third-order valence-corrected chi connectivity index (χ3v) is 8.77. The lowest BCUT2D eigenvalue weighted by Gasteiger charge is -2.31. The Morgan fingerprint density at radius 1 is 1.18 bits per heavy atom. The van der Waals surface area contributed by atoms with Crippen molar-refractivity contribution >= 4 is 50.7 Å². The van der Waals surface area contributed by atoms with Crippen LogP contribution in [0.15, 0.2) is 34.9 Å². The minimum Gasteiger partial charge on any atom is -0.494 e. The number of fused-ring (bicyclic) bond motifs is 1. The van der Waals surface area contributed by atoms with Crippen LogP contribution in [0.5, 0.6) is 5.75 Å². The molecule has 38 heavy (non-hydrogen) atoms. The van der Waals surface area contributed by atoms with Crippen LogP contribution in [-0.4, -0.2) is 48.3 Å². The highest BCUT2D eigenvalue weighted by Gasteiger charge is 2.29. The normalized spacial score (nSPS) is 14.9. The number of piperidine rings is 1. The van der Waals surface area contributed by atoms with Gasteiger partial charge >= 0.3 is 5.97 Å². The van der Waals surface area contributed by atoms with Crippen molar-refractivity contribution in [2.24, 2.45) is 0 Å². The van der Waals surface area contributed by atoms with Gasteiger partial charge in [0.15, 0.2) is 0 Å². The van der Waals surface area contributed by atoms with Crippen molar-refractivity contribution in [2.75, 3.05) is 27.3 Å². The molecule has 4 aromatic rings. The van der Waals surface area contributed by atoms with Crippen molar-refractivity contribution in [3.05, 3.63) is 62.3 Å². The summed E-state index contributed by atoms with van der Waals surface area (Å²) in [5.74, 6) is 1.57. The fourth-order valence-corrected chi connectivity index (χ4v) is 6.76. The maximum absolute atomic E-state index is 12.1. The van der Waals surface area contributed by atoms with E-state index in [4.69, 9.17) is 42.2 Å². The van der Waals surface area contributed by atoms with Gasteiger partial charge in [-0.25, -0.2) is 9.78 Å². The Morgan fingerprint density at radius 3 is 2.53 bits per heavy atom. The summed E-state index contributed by atoms with van der Waals surface area (Å²) in [7, 11) is 2.97.